The zero-order valence-electron chi connectivity index (χ0n) is 18.9. The average molecular weight is 523 g/mol. The zero-order chi connectivity index (χ0) is 23.5. The van der Waals surface area contributed by atoms with E-state index in [4.69, 9.17) is 5.73 Å². The maximum absolute atomic E-state index is 14.4. The van der Waals surface area contributed by atoms with Gasteiger partial charge in [0.1, 0.15) is 5.82 Å². The largest absolute Gasteiger partial charge is 0.366 e. The lowest BCUT2D eigenvalue weighted by Crippen LogP contribution is -2.45. The van der Waals surface area contributed by atoms with E-state index >= 15 is 0 Å². The van der Waals surface area contributed by atoms with Crippen molar-refractivity contribution in [2.45, 2.75) is 31.8 Å². The van der Waals surface area contributed by atoms with Gasteiger partial charge in [-0.3, -0.25) is 4.90 Å². The molecule has 5 rings (SSSR count). The molecule has 1 fully saturated rings. The molecule has 0 amide bonds. The van der Waals surface area contributed by atoms with E-state index in [0.29, 0.717) is 11.4 Å². The van der Waals surface area contributed by atoms with Gasteiger partial charge in [0.2, 0.25) is 11.9 Å². The van der Waals surface area contributed by atoms with E-state index in [-0.39, 0.29) is 11.8 Å². The van der Waals surface area contributed by atoms with Gasteiger partial charge >= 0.3 is 0 Å². The highest BCUT2D eigenvalue weighted by molar-refractivity contribution is 9.10. The molecule has 0 aliphatic carbocycles. The fraction of sp³-hybridized carbons (Fsp3) is 0.308. The third-order valence-corrected chi connectivity index (χ3v) is 7.24. The van der Waals surface area contributed by atoms with Crippen LogP contribution >= 0.6 is 15.9 Å². The predicted octanol–water partition coefficient (Wildman–Crippen LogP) is 5.16. The number of nitrogen functional groups attached to an aromatic ring is 1. The number of nitrogens with one attached hydrogen (secondary N) is 1. The summed E-state index contributed by atoms with van der Waals surface area (Å²) in [6, 6.07) is 20.3. The van der Waals surface area contributed by atoms with E-state index in [0.717, 1.165) is 61.2 Å². The summed E-state index contributed by atoms with van der Waals surface area (Å²) in [6.45, 7) is 3.50. The van der Waals surface area contributed by atoms with Gasteiger partial charge in [-0.15, -0.1) is 5.10 Å². The molecule has 6 nitrogen and oxygen atoms in total. The molecule has 0 spiro atoms. The molecule has 1 saturated heterocycles. The van der Waals surface area contributed by atoms with Crippen molar-refractivity contribution in [1.29, 1.82) is 0 Å². The van der Waals surface area contributed by atoms with E-state index < -0.39 is 0 Å². The highest BCUT2D eigenvalue weighted by Crippen LogP contribution is 2.27. The minimum atomic E-state index is -0.166. The standard InChI is InChI=1S/C26H28BrFN6/c27-20-8-5-18(6-9-20)11-14-34(17-19-7-10-24(28)23-4-2-1-3-22(19)23)21-12-15-33(16-13-21)26-30-25(29)31-32-26/h1-10,21H,11-17H2,(H3,29,30,31,32). The lowest BCUT2D eigenvalue weighted by atomic mass is 9.99. The number of fused-ring (bicyclic) bond motifs is 1. The molecular formula is C26H28BrFN6. The molecule has 4 aromatic rings. The van der Waals surface area contributed by atoms with Gasteiger partial charge in [-0.05, 0) is 54.0 Å². The molecule has 3 N–H and O–H groups in total. The molecule has 3 aromatic carbocycles. The summed E-state index contributed by atoms with van der Waals surface area (Å²) < 4.78 is 15.5. The van der Waals surface area contributed by atoms with E-state index in [1.807, 2.05) is 30.3 Å². The summed E-state index contributed by atoms with van der Waals surface area (Å²) in [6.07, 6.45) is 2.99. The number of halogens is 2. The summed E-state index contributed by atoms with van der Waals surface area (Å²) in [7, 11) is 0. The van der Waals surface area contributed by atoms with Crippen LogP contribution in [0, 0.1) is 5.82 Å². The van der Waals surface area contributed by atoms with Crippen molar-refractivity contribution >= 4 is 38.6 Å². The number of anilines is 2. The summed E-state index contributed by atoms with van der Waals surface area (Å²) in [5.41, 5.74) is 8.17. The Labute approximate surface area is 207 Å². The van der Waals surface area contributed by atoms with Crippen LogP contribution in [0.1, 0.15) is 24.0 Å². The molecule has 8 heteroatoms. The first-order chi connectivity index (χ1) is 16.6. The van der Waals surface area contributed by atoms with Gasteiger partial charge in [0.25, 0.3) is 0 Å². The van der Waals surface area contributed by atoms with Crippen molar-refractivity contribution in [3.05, 3.63) is 82.1 Å². The van der Waals surface area contributed by atoms with Crippen molar-refractivity contribution in [1.82, 2.24) is 20.1 Å². The maximum atomic E-state index is 14.4. The van der Waals surface area contributed by atoms with Crippen molar-refractivity contribution in [3.63, 3.8) is 0 Å². The Balaban J connectivity index is 1.35. The molecule has 2 heterocycles. The minimum absolute atomic E-state index is 0.166. The lowest BCUT2D eigenvalue weighted by molar-refractivity contribution is 0.162. The van der Waals surface area contributed by atoms with Gasteiger partial charge in [-0.2, -0.15) is 4.98 Å². The Hall–Kier alpha value is -2.97. The van der Waals surface area contributed by atoms with Crippen LogP contribution in [0.4, 0.5) is 16.3 Å². The molecule has 1 aliphatic heterocycles. The van der Waals surface area contributed by atoms with Crippen LogP contribution in [-0.4, -0.2) is 45.8 Å². The van der Waals surface area contributed by atoms with Crippen molar-refractivity contribution < 1.29 is 4.39 Å². The van der Waals surface area contributed by atoms with Crippen molar-refractivity contribution in [2.75, 3.05) is 30.3 Å². The molecule has 1 aromatic heterocycles. The second-order valence-electron chi connectivity index (χ2n) is 8.83. The third-order valence-electron chi connectivity index (χ3n) is 6.71. The van der Waals surface area contributed by atoms with Gasteiger partial charge in [0.05, 0.1) is 0 Å². The SMILES string of the molecule is Nc1n[nH]c(N2CCC(N(CCc3ccc(Br)cc3)Cc3ccc(F)c4ccccc34)CC2)n1. The van der Waals surface area contributed by atoms with Crippen LogP contribution in [-0.2, 0) is 13.0 Å². The summed E-state index contributed by atoms with van der Waals surface area (Å²) in [4.78, 5) is 9.05. The predicted molar refractivity (Wildman–Crippen MR) is 138 cm³/mol. The zero-order valence-corrected chi connectivity index (χ0v) is 20.5. The normalized spacial score (nSPS) is 14.9. The topological polar surface area (TPSA) is 74.1 Å². The first-order valence-corrected chi connectivity index (χ1v) is 12.4. The number of hydrogen-bond donors (Lipinski definition) is 2. The second-order valence-corrected chi connectivity index (χ2v) is 9.75. The first-order valence-electron chi connectivity index (χ1n) is 11.6. The fourth-order valence-corrected chi connectivity index (χ4v) is 5.11. The summed E-state index contributed by atoms with van der Waals surface area (Å²) in [5.74, 6) is 0.846. The molecule has 0 unspecified atom stereocenters. The molecule has 34 heavy (non-hydrogen) atoms. The molecule has 176 valence electrons. The number of piperidine rings is 1. The average Bonchev–Trinajstić information content (AvgIpc) is 3.31. The molecule has 1 aliphatic rings. The van der Waals surface area contributed by atoms with Crippen molar-refractivity contribution in [3.8, 4) is 0 Å². The molecular weight excluding hydrogens is 495 g/mol. The van der Waals surface area contributed by atoms with Crippen LogP contribution in [0.2, 0.25) is 0 Å². The van der Waals surface area contributed by atoms with Crippen molar-refractivity contribution in [2.24, 2.45) is 0 Å². The number of nitrogens with two attached hydrogens (primary N) is 1. The number of aromatic nitrogens is 3. The van der Waals surface area contributed by atoms with E-state index in [2.05, 4.69) is 65.2 Å². The van der Waals surface area contributed by atoms with E-state index in [1.165, 1.54) is 11.1 Å². The van der Waals surface area contributed by atoms with E-state index in [1.54, 1.807) is 6.07 Å². The van der Waals surface area contributed by atoms with E-state index in [9.17, 15) is 4.39 Å². The second kappa shape index (κ2) is 10.1. The quantitative estimate of drug-likeness (QED) is 0.350. The van der Waals surface area contributed by atoms with Gasteiger partial charge in [-0.1, -0.05) is 58.4 Å². The number of hydrogen-bond acceptors (Lipinski definition) is 5. The molecule has 0 radical (unpaired) electrons. The first kappa shape index (κ1) is 22.8. The van der Waals surface area contributed by atoms with Gasteiger partial charge in [-0.25, -0.2) is 9.49 Å². The van der Waals surface area contributed by atoms with Gasteiger partial charge in [0, 0.05) is 42.1 Å². The summed E-state index contributed by atoms with van der Waals surface area (Å²) in [5, 5.41) is 8.56. The number of nitrogens with zero attached hydrogens (tertiary/aromatic N) is 4. The Morgan fingerprint density at radius 2 is 1.76 bits per heavy atom. The molecule has 0 saturated carbocycles. The van der Waals surface area contributed by atoms with Gasteiger partial charge in [0.15, 0.2) is 0 Å². The van der Waals surface area contributed by atoms with Crippen LogP contribution in [0.25, 0.3) is 10.8 Å². The Kier molecular flexibility index (Phi) is 6.78. The lowest BCUT2D eigenvalue weighted by Gasteiger charge is -2.38. The highest BCUT2D eigenvalue weighted by Gasteiger charge is 2.26. The van der Waals surface area contributed by atoms with Gasteiger partial charge < -0.3 is 10.6 Å². The molecule has 0 atom stereocenters. The Morgan fingerprint density at radius 1 is 1.03 bits per heavy atom. The summed E-state index contributed by atoms with van der Waals surface area (Å²) >= 11 is 3.52. The highest BCUT2D eigenvalue weighted by atomic mass is 79.9. The monoisotopic (exact) mass is 522 g/mol. The third kappa shape index (κ3) is 5.08. The van der Waals surface area contributed by atoms with Crippen LogP contribution in [0.3, 0.4) is 0 Å². The molecule has 0 bridgehead atoms. The number of benzene rings is 3. The number of rotatable bonds is 7. The minimum Gasteiger partial charge on any atom is -0.366 e. The Morgan fingerprint density at radius 3 is 2.47 bits per heavy atom. The van der Waals surface area contributed by atoms with Crippen LogP contribution in [0.5, 0.6) is 0 Å². The fourth-order valence-electron chi connectivity index (χ4n) is 4.85. The number of H-pyrrole nitrogens is 1. The van der Waals surface area contributed by atoms with Crippen LogP contribution < -0.4 is 10.6 Å². The maximum Gasteiger partial charge on any atom is 0.241 e. The number of aromatic amines is 1. The smallest absolute Gasteiger partial charge is 0.241 e. The Bertz CT molecular complexity index is 1250. The van der Waals surface area contributed by atoms with Crippen LogP contribution in [0.15, 0.2) is 65.1 Å².